The second-order valence-corrected chi connectivity index (χ2v) is 6.22. The van der Waals surface area contributed by atoms with Crippen molar-refractivity contribution in [3.63, 3.8) is 0 Å². The Bertz CT molecular complexity index is 699. The highest BCUT2D eigenvalue weighted by Crippen LogP contribution is 2.24. The summed E-state index contributed by atoms with van der Waals surface area (Å²) in [6.07, 6.45) is 0.946. The van der Waals surface area contributed by atoms with Gasteiger partial charge in [-0.3, -0.25) is 9.59 Å². The third-order valence-electron chi connectivity index (χ3n) is 3.48. The largest absolute Gasteiger partial charge is 0.481 e. The van der Waals surface area contributed by atoms with Gasteiger partial charge in [-0.15, -0.1) is 0 Å². The molecule has 0 aliphatic heterocycles. The van der Waals surface area contributed by atoms with Crippen molar-refractivity contribution >= 4 is 34.7 Å². The highest BCUT2D eigenvalue weighted by Gasteiger charge is 2.15. The van der Waals surface area contributed by atoms with E-state index < -0.39 is 5.97 Å². The first-order valence-electron chi connectivity index (χ1n) is 7.56. The number of aryl methyl sites for hydroxylation is 1. The summed E-state index contributed by atoms with van der Waals surface area (Å²) >= 11 is 1.40. The van der Waals surface area contributed by atoms with Crippen LogP contribution in [-0.4, -0.2) is 50.8 Å². The molecule has 0 saturated heterocycles. The van der Waals surface area contributed by atoms with Gasteiger partial charge >= 0.3 is 5.97 Å². The van der Waals surface area contributed by atoms with E-state index in [4.69, 9.17) is 5.11 Å². The maximum absolute atomic E-state index is 12.1. The molecular weight excluding hydrogens is 314 g/mol. The van der Waals surface area contributed by atoms with E-state index in [1.165, 1.54) is 16.7 Å². The molecule has 0 fully saturated rings. The Kier molecular flexibility index (Phi) is 6.04. The van der Waals surface area contributed by atoms with E-state index in [1.54, 1.807) is 7.05 Å². The molecule has 0 spiro atoms. The number of hydrogen-bond acceptors (Lipinski definition) is 4. The monoisotopic (exact) mass is 335 g/mol. The van der Waals surface area contributed by atoms with Crippen molar-refractivity contribution in [3.05, 3.63) is 24.3 Å². The Morgan fingerprint density at radius 3 is 2.78 bits per heavy atom. The lowest BCUT2D eigenvalue weighted by molar-refractivity contribution is -0.137. The van der Waals surface area contributed by atoms with Crippen LogP contribution in [0.2, 0.25) is 0 Å². The Morgan fingerprint density at radius 2 is 2.09 bits per heavy atom. The molecule has 23 heavy (non-hydrogen) atoms. The van der Waals surface area contributed by atoms with E-state index >= 15 is 0 Å². The summed E-state index contributed by atoms with van der Waals surface area (Å²) in [7, 11) is 1.63. The Balaban J connectivity index is 2.05. The number of benzene rings is 1. The topological polar surface area (TPSA) is 75.4 Å². The minimum Gasteiger partial charge on any atom is -0.481 e. The van der Waals surface area contributed by atoms with Crippen LogP contribution >= 0.6 is 11.8 Å². The van der Waals surface area contributed by atoms with Crippen LogP contribution in [0, 0.1) is 0 Å². The number of aromatic nitrogens is 2. The third kappa shape index (κ3) is 4.48. The van der Waals surface area contributed by atoms with Gasteiger partial charge in [0.1, 0.15) is 0 Å². The molecule has 124 valence electrons. The van der Waals surface area contributed by atoms with Crippen molar-refractivity contribution in [1.29, 1.82) is 0 Å². The molecule has 1 N–H and O–H groups in total. The molecule has 1 aromatic carbocycles. The van der Waals surface area contributed by atoms with E-state index in [1.807, 2.05) is 24.3 Å². The molecule has 7 heteroatoms. The number of aliphatic carboxylic acids is 1. The molecule has 0 unspecified atom stereocenters. The summed E-state index contributed by atoms with van der Waals surface area (Å²) in [6, 6.07) is 7.93. The summed E-state index contributed by atoms with van der Waals surface area (Å²) in [5, 5.41) is 9.50. The van der Waals surface area contributed by atoms with Crippen LogP contribution in [0.1, 0.15) is 19.8 Å². The van der Waals surface area contributed by atoms with Crippen LogP contribution < -0.4 is 0 Å². The van der Waals surface area contributed by atoms with Crippen molar-refractivity contribution < 1.29 is 14.7 Å². The highest BCUT2D eigenvalue weighted by molar-refractivity contribution is 7.99. The van der Waals surface area contributed by atoms with Crippen molar-refractivity contribution in [3.8, 4) is 0 Å². The highest BCUT2D eigenvalue weighted by atomic mass is 32.2. The second kappa shape index (κ2) is 8.01. The lowest BCUT2D eigenvalue weighted by Gasteiger charge is -2.15. The fourth-order valence-electron chi connectivity index (χ4n) is 2.23. The molecule has 0 atom stereocenters. The SMILES string of the molecule is CCCn1c(SCC(=O)N(C)CCC(=O)O)nc2ccccc21. The number of fused-ring (bicyclic) bond motifs is 1. The zero-order chi connectivity index (χ0) is 16.8. The molecule has 2 aromatic rings. The van der Waals surface area contributed by atoms with Crippen LogP contribution in [0.5, 0.6) is 0 Å². The lowest BCUT2D eigenvalue weighted by Crippen LogP contribution is -2.30. The predicted octanol–water partition coefficient (Wildman–Crippen LogP) is 2.47. The number of imidazole rings is 1. The summed E-state index contributed by atoms with van der Waals surface area (Å²) in [6.45, 7) is 3.18. The molecule has 1 amide bonds. The number of carbonyl (C=O) groups excluding carboxylic acids is 1. The van der Waals surface area contributed by atoms with Crippen LogP contribution in [0.4, 0.5) is 0 Å². The van der Waals surface area contributed by atoms with E-state index in [9.17, 15) is 9.59 Å². The van der Waals surface area contributed by atoms with Gasteiger partial charge in [0.05, 0.1) is 23.2 Å². The molecule has 0 aliphatic rings. The van der Waals surface area contributed by atoms with Gasteiger partial charge in [0.25, 0.3) is 0 Å². The quantitative estimate of drug-likeness (QED) is 0.750. The van der Waals surface area contributed by atoms with Gasteiger partial charge in [-0.25, -0.2) is 4.98 Å². The number of para-hydroxylation sites is 2. The summed E-state index contributed by atoms with van der Waals surface area (Å²) in [5.74, 6) is -0.739. The van der Waals surface area contributed by atoms with Crippen molar-refractivity contribution in [2.45, 2.75) is 31.5 Å². The molecule has 6 nitrogen and oxygen atoms in total. The van der Waals surface area contributed by atoms with Gasteiger partial charge in [0.15, 0.2) is 5.16 Å². The fraction of sp³-hybridized carbons (Fsp3) is 0.438. The predicted molar refractivity (Wildman–Crippen MR) is 90.6 cm³/mol. The first-order valence-corrected chi connectivity index (χ1v) is 8.55. The minimum absolute atomic E-state index is 0.0404. The average Bonchev–Trinajstić information content (AvgIpc) is 2.88. The summed E-state index contributed by atoms with van der Waals surface area (Å²) in [4.78, 5) is 28.7. The maximum atomic E-state index is 12.1. The molecule has 0 radical (unpaired) electrons. The number of amides is 1. The molecular formula is C16H21N3O3S. The van der Waals surface area contributed by atoms with Gasteiger partial charge in [0, 0.05) is 20.1 Å². The van der Waals surface area contributed by atoms with Gasteiger partial charge in [-0.05, 0) is 18.6 Å². The van der Waals surface area contributed by atoms with Crippen molar-refractivity contribution in [2.75, 3.05) is 19.3 Å². The Labute approximate surface area is 139 Å². The molecule has 0 bridgehead atoms. The molecule has 1 heterocycles. The van der Waals surface area contributed by atoms with Crippen LogP contribution in [0.15, 0.2) is 29.4 Å². The standard InChI is InChI=1S/C16H21N3O3S/c1-3-9-19-13-7-5-4-6-12(13)17-16(19)23-11-14(20)18(2)10-8-15(21)22/h4-7H,3,8-11H2,1-2H3,(H,21,22). The smallest absolute Gasteiger partial charge is 0.305 e. The number of thioether (sulfide) groups is 1. The zero-order valence-corrected chi connectivity index (χ0v) is 14.2. The van der Waals surface area contributed by atoms with E-state index in [-0.39, 0.29) is 24.6 Å². The maximum Gasteiger partial charge on any atom is 0.305 e. The Morgan fingerprint density at radius 1 is 1.35 bits per heavy atom. The van der Waals surface area contributed by atoms with Gasteiger partial charge in [-0.2, -0.15) is 0 Å². The molecule has 0 saturated carbocycles. The number of carboxylic acid groups (broad SMARTS) is 1. The first kappa shape index (κ1) is 17.3. The molecule has 2 rings (SSSR count). The van der Waals surface area contributed by atoms with Crippen LogP contribution in [-0.2, 0) is 16.1 Å². The van der Waals surface area contributed by atoms with Gasteiger partial charge in [0.2, 0.25) is 5.91 Å². The van der Waals surface area contributed by atoms with Gasteiger partial charge < -0.3 is 14.6 Å². The Hall–Kier alpha value is -2.02. The van der Waals surface area contributed by atoms with E-state index in [0.717, 1.165) is 29.2 Å². The van der Waals surface area contributed by atoms with E-state index in [2.05, 4.69) is 16.5 Å². The van der Waals surface area contributed by atoms with Crippen molar-refractivity contribution in [2.24, 2.45) is 0 Å². The number of carbonyl (C=O) groups is 2. The lowest BCUT2D eigenvalue weighted by atomic mass is 10.3. The number of rotatable bonds is 8. The van der Waals surface area contributed by atoms with Crippen LogP contribution in [0.25, 0.3) is 11.0 Å². The summed E-state index contributed by atoms with van der Waals surface area (Å²) in [5.41, 5.74) is 2.00. The third-order valence-corrected chi connectivity index (χ3v) is 4.44. The minimum atomic E-state index is -0.901. The second-order valence-electron chi connectivity index (χ2n) is 5.28. The van der Waals surface area contributed by atoms with Crippen LogP contribution in [0.3, 0.4) is 0 Å². The number of hydrogen-bond donors (Lipinski definition) is 1. The fourth-order valence-corrected chi connectivity index (χ4v) is 3.21. The average molecular weight is 335 g/mol. The van der Waals surface area contributed by atoms with Gasteiger partial charge in [-0.1, -0.05) is 30.8 Å². The zero-order valence-electron chi connectivity index (χ0n) is 13.4. The number of nitrogens with zero attached hydrogens (tertiary/aromatic N) is 3. The number of carboxylic acids is 1. The van der Waals surface area contributed by atoms with Crippen molar-refractivity contribution in [1.82, 2.24) is 14.5 Å². The normalized spacial score (nSPS) is 10.9. The summed E-state index contributed by atoms with van der Waals surface area (Å²) < 4.78 is 2.13. The first-order chi connectivity index (χ1) is 11.0. The van der Waals surface area contributed by atoms with E-state index in [0.29, 0.717) is 0 Å². The molecule has 0 aliphatic carbocycles. The molecule has 1 aromatic heterocycles.